The van der Waals surface area contributed by atoms with E-state index in [1.165, 1.54) is 25.7 Å². The normalized spacial score (nSPS) is 15.9. The second kappa shape index (κ2) is 8.18. The molecule has 0 radical (unpaired) electrons. The molecule has 0 aliphatic heterocycles. The van der Waals surface area contributed by atoms with E-state index in [1.54, 1.807) is 4.90 Å². The largest absolute Gasteiger partial charge is 0.481 e. The third kappa shape index (κ3) is 6.60. The molecule has 0 unspecified atom stereocenters. The second-order valence-electron chi connectivity index (χ2n) is 6.07. The van der Waals surface area contributed by atoms with Gasteiger partial charge in [0.05, 0.1) is 6.42 Å². The topological polar surface area (TPSA) is 57.6 Å². The van der Waals surface area contributed by atoms with Gasteiger partial charge in [-0.3, -0.25) is 9.59 Å². The summed E-state index contributed by atoms with van der Waals surface area (Å²) >= 11 is 0. The minimum atomic E-state index is -0.836. The predicted octanol–water partition coefficient (Wildman–Crippen LogP) is 2.92. The Labute approximate surface area is 116 Å². The fourth-order valence-electron chi connectivity index (χ4n) is 2.77. The average molecular weight is 269 g/mol. The number of carboxylic acid groups (broad SMARTS) is 1. The van der Waals surface area contributed by atoms with Crippen molar-refractivity contribution in [1.29, 1.82) is 0 Å². The summed E-state index contributed by atoms with van der Waals surface area (Å²) in [6.45, 7) is 5.11. The average Bonchev–Trinajstić information content (AvgIpc) is 2.83. The molecule has 0 aromatic carbocycles. The Hall–Kier alpha value is -1.06. The van der Waals surface area contributed by atoms with Crippen LogP contribution in [-0.4, -0.2) is 35.0 Å². The Morgan fingerprint density at radius 3 is 2.37 bits per heavy atom. The first-order chi connectivity index (χ1) is 8.99. The number of carbonyl (C=O) groups excluding carboxylic acids is 1. The van der Waals surface area contributed by atoms with Crippen molar-refractivity contribution in [3.63, 3.8) is 0 Å². The van der Waals surface area contributed by atoms with Crippen molar-refractivity contribution in [2.24, 2.45) is 11.8 Å². The Bertz CT molecular complexity index is 296. The van der Waals surface area contributed by atoms with E-state index in [9.17, 15) is 9.59 Å². The first-order valence-electron chi connectivity index (χ1n) is 7.48. The maximum absolute atomic E-state index is 12.2. The second-order valence-corrected chi connectivity index (χ2v) is 6.07. The summed E-state index contributed by atoms with van der Waals surface area (Å²) in [5.74, 6) is 0.382. The smallest absolute Gasteiger partial charge is 0.305 e. The number of amides is 1. The zero-order valence-corrected chi connectivity index (χ0v) is 12.2. The molecule has 4 nitrogen and oxygen atoms in total. The standard InChI is InChI=1S/C15H27NO3/c1-12(2)11-16(10-9-15(18)19)14(17)8-7-13-5-3-4-6-13/h12-13H,3-11H2,1-2H3,(H,18,19). The van der Waals surface area contributed by atoms with Crippen LogP contribution >= 0.6 is 0 Å². The van der Waals surface area contributed by atoms with Crippen LogP contribution in [-0.2, 0) is 9.59 Å². The highest BCUT2D eigenvalue weighted by atomic mass is 16.4. The van der Waals surface area contributed by atoms with Gasteiger partial charge in [0.25, 0.3) is 0 Å². The van der Waals surface area contributed by atoms with Crippen molar-refractivity contribution in [3.8, 4) is 0 Å². The van der Waals surface area contributed by atoms with Gasteiger partial charge < -0.3 is 10.0 Å². The fraction of sp³-hybridized carbons (Fsp3) is 0.867. The zero-order chi connectivity index (χ0) is 14.3. The summed E-state index contributed by atoms with van der Waals surface area (Å²) in [6, 6.07) is 0. The van der Waals surface area contributed by atoms with Gasteiger partial charge in [0.15, 0.2) is 0 Å². The molecular weight excluding hydrogens is 242 g/mol. The van der Waals surface area contributed by atoms with Crippen LogP contribution in [0, 0.1) is 11.8 Å². The number of rotatable bonds is 8. The van der Waals surface area contributed by atoms with Crippen molar-refractivity contribution in [2.75, 3.05) is 13.1 Å². The van der Waals surface area contributed by atoms with Gasteiger partial charge in [0.2, 0.25) is 5.91 Å². The van der Waals surface area contributed by atoms with E-state index in [-0.39, 0.29) is 12.3 Å². The van der Waals surface area contributed by atoms with Crippen LogP contribution in [0.5, 0.6) is 0 Å². The number of hydrogen-bond acceptors (Lipinski definition) is 2. The highest BCUT2D eigenvalue weighted by molar-refractivity contribution is 5.77. The highest BCUT2D eigenvalue weighted by Crippen LogP contribution is 2.28. The molecule has 0 aromatic rings. The highest BCUT2D eigenvalue weighted by Gasteiger charge is 2.20. The van der Waals surface area contributed by atoms with E-state index in [4.69, 9.17) is 5.11 Å². The quantitative estimate of drug-likeness (QED) is 0.737. The maximum atomic E-state index is 12.2. The number of carboxylic acids is 1. The summed E-state index contributed by atoms with van der Waals surface area (Å²) in [7, 11) is 0. The molecule has 1 saturated carbocycles. The molecule has 0 heterocycles. The van der Waals surface area contributed by atoms with Crippen LogP contribution in [0.3, 0.4) is 0 Å². The zero-order valence-electron chi connectivity index (χ0n) is 12.2. The summed E-state index contributed by atoms with van der Waals surface area (Å²) < 4.78 is 0. The molecule has 1 amide bonds. The van der Waals surface area contributed by atoms with Crippen LogP contribution < -0.4 is 0 Å². The van der Waals surface area contributed by atoms with Gasteiger partial charge in [-0.1, -0.05) is 39.5 Å². The van der Waals surface area contributed by atoms with Crippen molar-refractivity contribution in [1.82, 2.24) is 4.90 Å². The van der Waals surface area contributed by atoms with Crippen LogP contribution in [0.2, 0.25) is 0 Å². The first kappa shape index (κ1) is 16.0. The monoisotopic (exact) mass is 269 g/mol. The summed E-state index contributed by atoms with van der Waals surface area (Å²) in [4.78, 5) is 24.6. The van der Waals surface area contributed by atoms with E-state index in [1.807, 2.05) is 0 Å². The maximum Gasteiger partial charge on any atom is 0.305 e. The molecule has 1 rings (SSSR count). The third-order valence-corrected chi connectivity index (χ3v) is 3.78. The fourth-order valence-corrected chi connectivity index (χ4v) is 2.77. The molecule has 1 N–H and O–H groups in total. The predicted molar refractivity (Wildman–Crippen MR) is 74.9 cm³/mol. The summed E-state index contributed by atoms with van der Waals surface area (Å²) in [6.07, 6.45) is 6.71. The lowest BCUT2D eigenvalue weighted by Gasteiger charge is -2.24. The molecule has 1 fully saturated rings. The molecule has 0 spiro atoms. The minimum Gasteiger partial charge on any atom is -0.481 e. The molecule has 1 aliphatic carbocycles. The van der Waals surface area contributed by atoms with Crippen molar-refractivity contribution in [3.05, 3.63) is 0 Å². The molecular formula is C15H27NO3. The van der Waals surface area contributed by atoms with Gasteiger partial charge >= 0.3 is 5.97 Å². The van der Waals surface area contributed by atoms with Gasteiger partial charge in [-0.2, -0.15) is 0 Å². The molecule has 0 saturated heterocycles. The molecule has 0 aromatic heterocycles. The molecule has 4 heteroatoms. The Morgan fingerprint density at radius 1 is 1.21 bits per heavy atom. The molecule has 19 heavy (non-hydrogen) atoms. The summed E-state index contributed by atoms with van der Waals surface area (Å²) in [5, 5.41) is 8.74. The lowest BCUT2D eigenvalue weighted by Crippen LogP contribution is -2.36. The van der Waals surface area contributed by atoms with E-state index < -0.39 is 5.97 Å². The van der Waals surface area contributed by atoms with Gasteiger partial charge in [0.1, 0.15) is 0 Å². The Morgan fingerprint density at radius 2 is 1.84 bits per heavy atom. The minimum absolute atomic E-state index is 0.0435. The Balaban J connectivity index is 2.37. The van der Waals surface area contributed by atoms with Crippen LogP contribution in [0.15, 0.2) is 0 Å². The van der Waals surface area contributed by atoms with E-state index in [0.29, 0.717) is 31.3 Å². The first-order valence-corrected chi connectivity index (χ1v) is 7.48. The molecule has 1 aliphatic rings. The van der Waals surface area contributed by atoms with Gasteiger partial charge in [-0.05, 0) is 18.3 Å². The lowest BCUT2D eigenvalue weighted by atomic mass is 10.0. The summed E-state index contributed by atoms with van der Waals surface area (Å²) in [5.41, 5.74) is 0. The Kier molecular flexibility index (Phi) is 6.89. The van der Waals surface area contributed by atoms with E-state index >= 15 is 0 Å². The van der Waals surface area contributed by atoms with Crippen LogP contribution in [0.25, 0.3) is 0 Å². The van der Waals surface area contributed by atoms with Crippen molar-refractivity contribution < 1.29 is 14.7 Å². The SMILES string of the molecule is CC(C)CN(CCC(=O)O)C(=O)CCC1CCCC1. The number of carbonyl (C=O) groups is 2. The molecule has 110 valence electrons. The van der Waals surface area contributed by atoms with E-state index in [2.05, 4.69) is 13.8 Å². The number of aliphatic carboxylic acids is 1. The van der Waals surface area contributed by atoms with Crippen LogP contribution in [0.1, 0.15) is 58.8 Å². The van der Waals surface area contributed by atoms with Crippen LogP contribution in [0.4, 0.5) is 0 Å². The van der Waals surface area contributed by atoms with Crippen molar-refractivity contribution >= 4 is 11.9 Å². The third-order valence-electron chi connectivity index (χ3n) is 3.78. The number of hydrogen-bond donors (Lipinski definition) is 1. The van der Waals surface area contributed by atoms with Gasteiger partial charge in [0, 0.05) is 19.5 Å². The van der Waals surface area contributed by atoms with Gasteiger partial charge in [-0.25, -0.2) is 0 Å². The van der Waals surface area contributed by atoms with E-state index in [0.717, 1.165) is 6.42 Å². The molecule has 0 bridgehead atoms. The molecule has 0 atom stereocenters. The van der Waals surface area contributed by atoms with Gasteiger partial charge in [-0.15, -0.1) is 0 Å². The lowest BCUT2D eigenvalue weighted by molar-refractivity contribution is -0.138. The van der Waals surface area contributed by atoms with Crippen molar-refractivity contribution in [2.45, 2.75) is 58.8 Å². The number of nitrogens with zero attached hydrogens (tertiary/aromatic N) is 1.